The first-order valence-corrected chi connectivity index (χ1v) is 11.7. The molecule has 1 fully saturated rings. The zero-order valence-corrected chi connectivity index (χ0v) is 19.5. The third-order valence-corrected chi connectivity index (χ3v) is 7.12. The molecule has 5 rings (SSSR count). The van der Waals surface area contributed by atoms with Gasteiger partial charge in [-0.25, -0.2) is 19.6 Å². The predicted molar refractivity (Wildman–Crippen MR) is 122 cm³/mol. The van der Waals surface area contributed by atoms with Crippen molar-refractivity contribution in [1.82, 2.24) is 35.2 Å². The average molecular weight is 503 g/mol. The quantitative estimate of drug-likeness (QED) is 0.387. The summed E-state index contributed by atoms with van der Waals surface area (Å²) in [6.07, 6.45) is 0.425. The molecule has 4 heterocycles. The zero-order chi connectivity index (χ0) is 24.4. The minimum Gasteiger partial charge on any atom is -0.488 e. The van der Waals surface area contributed by atoms with E-state index in [0.717, 1.165) is 52.3 Å². The van der Waals surface area contributed by atoms with Crippen molar-refractivity contribution in [3.63, 3.8) is 0 Å². The van der Waals surface area contributed by atoms with E-state index in [2.05, 4.69) is 25.5 Å². The largest absolute Gasteiger partial charge is 0.488 e. The van der Waals surface area contributed by atoms with Crippen LogP contribution in [-0.4, -0.2) is 48.2 Å². The first-order chi connectivity index (χ1) is 16.9. The van der Waals surface area contributed by atoms with Crippen molar-refractivity contribution in [2.75, 3.05) is 18.0 Å². The Morgan fingerprint density at radius 2 is 1.80 bits per heavy atom. The van der Waals surface area contributed by atoms with Gasteiger partial charge in [0.05, 0.1) is 26.8 Å². The molecule has 0 radical (unpaired) electrons. The van der Waals surface area contributed by atoms with Gasteiger partial charge in [0.1, 0.15) is 18.7 Å². The minimum atomic E-state index is -4.44. The van der Waals surface area contributed by atoms with E-state index in [1.54, 1.807) is 16.0 Å². The molecule has 13 heteroatoms. The lowest BCUT2D eigenvalue weighted by Crippen LogP contribution is -2.34. The van der Waals surface area contributed by atoms with E-state index < -0.39 is 11.7 Å². The molecular formula is C22H21F3N8OS. The van der Waals surface area contributed by atoms with Crippen LogP contribution in [0.3, 0.4) is 0 Å². The van der Waals surface area contributed by atoms with Crippen LogP contribution in [-0.2, 0) is 12.8 Å². The van der Waals surface area contributed by atoms with Gasteiger partial charge in [0.25, 0.3) is 0 Å². The normalized spacial score (nSPS) is 14.9. The summed E-state index contributed by atoms with van der Waals surface area (Å²) < 4.78 is 45.7. The number of anilines is 1. The lowest BCUT2D eigenvalue weighted by atomic mass is 9.98. The Morgan fingerprint density at radius 3 is 2.43 bits per heavy atom. The maximum Gasteiger partial charge on any atom is 0.419 e. The Morgan fingerprint density at radius 1 is 1.09 bits per heavy atom. The van der Waals surface area contributed by atoms with E-state index in [-0.39, 0.29) is 5.92 Å². The number of alkyl halides is 3. The lowest BCUT2D eigenvalue weighted by molar-refractivity contribution is -0.138. The second-order valence-electron chi connectivity index (χ2n) is 8.13. The molecule has 182 valence electrons. The van der Waals surface area contributed by atoms with Gasteiger partial charge >= 0.3 is 6.18 Å². The van der Waals surface area contributed by atoms with Crippen LogP contribution in [0.1, 0.15) is 39.9 Å². The molecule has 0 bridgehead atoms. The molecule has 0 saturated carbocycles. The van der Waals surface area contributed by atoms with Crippen molar-refractivity contribution in [2.24, 2.45) is 0 Å². The molecule has 1 aliphatic heterocycles. The smallest absolute Gasteiger partial charge is 0.419 e. The number of hydrogen-bond donors (Lipinski definition) is 0. The average Bonchev–Trinajstić information content (AvgIpc) is 3.53. The molecule has 3 aromatic heterocycles. The van der Waals surface area contributed by atoms with E-state index in [1.165, 1.54) is 6.33 Å². The fourth-order valence-electron chi connectivity index (χ4n) is 3.84. The number of ether oxygens (including phenoxy) is 1. The molecule has 35 heavy (non-hydrogen) atoms. The number of aromatic nitrogens is 7. The summed E-state index contributed by atoms with van der Waals surface area (Å²) in [5.74, 6) is 1.35. The minimum absolute atomic E-state index is 0.286. The Labute approximate surface area is 202 Å². The van der Waals surface area contributed by atoms with Gasteiger partial charge in [-0.3, -0.25) is 0 Å². The van der Waals surface area contributed by atoms with Crippen molar-refractivity contribution in [1.29, 1.82) is 0 Å². The first-order valence-electron chi connectivity index (χ1n) is 10.9. The first kappa shape index (κ1) is 23.1. The Bertz CT molecular complexity index is 1250. The fourth-order valence-corrected chi connectivity index (χ4v) is 4.99. The molecule has 1 saturated heterocycles. The highest BCUT2D eigenvalue weighted by atomic mass is 32.1. The second kappa shape index (κ2) is 9.56. The number of rotatable bonds is 6. The fraction of sp³-hybridized carbons (Fsp3) is 0.364. The van der Waals surface area contributed by atoms with E-state index in [0.29, 0.717) is 25.6 Å². The Balaban J connectivity index is 1.16. The van der Waals surface area contributed by atoms with Gasteiger partial charge in [0.2, 0.25) is 5.95 Å². The molecule has 4 aromatic rings. The Kier molecular flexibility index (Phi) is 6.32. The number of benzene rings is 1. The summed E-state index contributed by atoms with van der Waals surface area (Å²) >= 11 is 1.65. The van der Waals surface area contributed by atoms with E-state index in [1.807, 2.05) is 36.1 Å². The summed E-state index contributed by atoms with van der Waals surface area (Å²) in [7, 11) is 0. The summed E-state index contributed by atoms with van der Waals surface area (Å²) in [6.45, 7) is 3.72. The highest BCUT2D eigenvalue weighted by molar-refractivity contribution is 7.11. The van der Waals surface area contributed by atoms with Gasteiger partial charge in [0, 0.05) is 31.4 Å². The van der Waals surface area contributed by atoms with Gasteiger partial charge in [-0.2, -0.15) is 13.2 Å². The maximum absolute atomic E-state index is 12.7. The summed E-state index contributed by atoms with van der Waals surface area (Å²) in [4.78, 5) is 15.6. The van der Waals surface area contributed by atoms with E-state index in [4.69, 9.17) is 9.72 Å². The monoisotopic (exact) mass is 502 g/mol. The maximum atomic E-state index is 12.7. The highest BCUT2D eigenvalue weighted by Gasteiger charge is 2.32. The van der Waals surface area contributed by atoms with Crippen LogP contribution in [0.15, 0.2) is 43.0 Å². The van der Waals surface area contributed by atoms with Crippen LogP contribution < -0.4 is 9.64 Å². The van der Waals surface area contributed by atoms with Gasteiger partial charge in [-0.05, 0) is 54.5 Å². The molecule has 0 amide bonds. The van der Waals surface area contributed by atoms with Gasteiger partial charge in [-0.1, -0.05) is 0 Å². The number of thiazole rings is 1. The number of nitrogens with zero attached hydrogens (tertiary/aromatic N) is 8. The van der Waals surface area contributed by atoms with Gasteiger partial charge in [0.15, 0.2) is 0 Å². The zero-order valence-electron chi connectivity index (χ0n) is 18.7. The van der Waals surface area contributed by atoms with E-state index in [9.17, 15) is 13.2 Å². The summed E-state index contributed by atoms with van der Waals surface area (Å²) in [5, 5.41) is 12.2. The van der Waals surface area contributed by atoms with Crippen LogP contribution in [0.2, 0.25) is 0 Å². The second-order valence-corrected chi connectivity index (χ2v) is 9.24. The molecular weight excluding hydrogens is 481 g/mol. The number of aryl methyl sites for hydroxylation is 1. The van der Waals surface area contributed by atoms with Crippen LogP contribution in [0, 0.1) is 6.92 Å². The van der Waals surface area contributed by atoms with Crippen molar-refractivity contribution in [2.45, 2.75) is 38.5 Å². The number of hydrogen-bond acceptors (Lipinski definition) is 9. The molecule has 0 aliphatic carbocycles. The molecule has 9 nitrogen and oxygen atoms in total. The Hall–Kier alpha value is -3.61. The van der Waals surface area contributed by atoms with Crippen molar-refractivity contribution in [3.8, 4) is 11.4 Å². The summed E-state index contributed by atoms with van der Waals surface area (Å²) in [6, 6.07) is 7.50. The van der Waals surface area contributed by atoms with Crippen LogP contribution in [0.4, 0.5) is 19.1 Å². The molecule has 1 aliphatic rings. The molecule has 0 atom stereocenters. The standard InChI is InChI=1S/C22H21F3N8OS/c1-14-19(12-34-18-4-2-17(3-5-18)33-13-28-30-31-33)35-20(29-14)15-6-8-32(9-7-15)21-26-10-16(11-27-21)22(23,24)25/h2-5,10-11,13,15H,6-9,12H2,1H3. The van der Waals surface area contributed by atoms with Crippen LogP contribution in [0.5, 0.6) is 5.75 Å². The number of tetrazole rings is 1. The highest BCUT2D eigenvalue weighted by Crippen LogP contribution is 2.34. The number of piperidine rings is 1. The van der Waals surface area contributed by atoms with Crippen molar-refractivity contribution in [3.05, 3.63) is 64.1 Å². The van der Waals surface area contributed by atoms with Crippen molar-refractivity contribution >= 4 is 17.3 Å². The predicted octanol–water partition coefficient (Wildman–Crippen LogP) is 4.20. The summed E-state index contributed by atoms with van der Waals surface area (Å²) in [5.41, 5.74) is 0.947. The van der Waals surface area contributed by atoms with E-state index >= 15 is 0 Å². The van der Waals surface area contributed by atoms with Crippen molar-refractivity contribution < 1.29 is 17.9 Å². The molecule has 0 N–H and O–H groups in total. The molecule has 1 aromatic carbocycles. The third kappa shape index (κ3) is 5.24. The van der Waals surface area contributed by atoms with Crippen LogP contribution >= 0.6 is 11.3 Å². The third-order valence-electron chi connectivity index (χ3n) is 5.82. The molecule has 0 unspecified atom stereocenters. The SMILES string of the molecule is Cc1nc(C2CCN(c3ncc(C(F)(F)F)cn3)CC2)sc1COc1ccc(-n2cnnn2)cc1. The topological polar surface area (TPSA) is 94.7 Å². The van der Waals surface area contributed by atoms with Crippen LogP contribution in [0.25, 0.3) is 5.69 Å². The molecule has 0 spiro atoms. The lowest BCUT2D eigenvalue weighted by Gasteiger charge is -2.31. The van der Waals surface area contributed by atoms with Gasteiger partial charge in [-0.15, -0.1) is 16.4 Å². The van der Waals surface area contributed by atoms with Gasteiger partial charge < -0.3 is 9.64 Å². The number of halogens is 3.